The number of pyridine rings is 1. The Kier molecular flexibility index (Phi) is 4.22. The van der Waals surface area contributed by atoms with Crippen LogP contribution in [0, 0.1) is 5.92 Å². The number of halogens is 1. The molecule has 0 aliphatic rings. The van der Waals surface area contributed by atoms with Gasteiger partial charge in [0.05, 0.1) is 0 Å². The van der Waals surface area contributed by atoms with Crippen LogP contribution in [0.5, 0.6) is 0 Å². The Morgan fingerprint density at radius 3 is 2.86 bits per heavy atom. The molecule has 0 saturated heterocycles. The smallest absolute Gasteiger partial charge is 0.142 e. The summed E-state index contributed by atoms with van der Waals surface area (Å²) in [6, 6.07) is 3.72. The molecule has 0 fully saturated rings. The van der Waals surface area contributed by atoms with Gasteiger partial charge in [0.25, 0.3) is 0 Å². The molecule has 0 aliphatic carbocycles. The second-order valence-corrected chi connectivity index (χ2v) is 4.16. The van der Waals surface area contributed by atoms with Gasteiger partial charge in [0.1, 0.15) is 5.78 Å². The highest BCUT2D eigenvalue weighted by Gasteiger charge is 2.11. The maximum absolute atomic E-state index is 11.5. The van der Waals surface area contributed by atoms with Crippen LogP contribution in [0.4, 0.5) is 0 Å². The molecule has 76 valence electrons. The summed E-state index contributed by atoms with van der Waals surface area (Å²) in [6.45, 7) is 2.23. The average molecular weight is 257 g/mol. The molecule has 0 saturated carbocycles. The van der Waals surface area contributed by atoms with Crippen LogP contribution in [0.2, 0.25) is 0 Å². The van der Waals surface area contributed by atoms with Crippen molar-refractivity contribution < 1.29 is 4.79 Å². The van der Waals surface area contributed by atoms with Gasteiger partial charge in [-0.25, -0.2) is 0 Å². The fourth-order valence-electron chi connectivity index (χ4n) is 0.995. The van der Waals surface area contributed by atoms with Crippen molar-refractivity contribution in [3.8, 4) is 0 Å². The van der Waals surface area contributed by atoms with Gasteiger partial charge in [-0.2, -0.15) is 0 Å². The van der Waals surface area contributed by atoms with Crippen LogP contribution >= 0.6 is 15.9 Å². The topological polar surface area (TPSA) is 56.0 Å². The molecule has 0 spiro atoms. The molecule has 1 aromatic heterocycles. The summed E-state index contributed by atoms with van der Waals surface area (Å²) in [5.41, 5.74) is 6.19. The van der Waals surface area contributed by atoms with E-state index in [2.05, 4.69) is 20.9 Å². The van der Waals surface area contributed by atoms with Gasteiger partial charge in [-0.1, -0.05) is 6.92 Å². The van der Waals surface area contributed by atoms with Crippen LogP contribution in [-0.2, 0) is 11.2 Å². The van der Waals surface area contributed by atoms with Crippen molar-refractivity contribution in [3.05, 3.63) is 28.5 Å². The molecule has 2 N–H and O–H groups in total. The third-order valence-electron chi connectivity index (χ3n) is 2.05. The quantitative estimate of drug-likeness (QED) is 0.890. The van der Waals surface area contributed by atoms with Crippen molar-refractivity contribution in [2.24, 2.45) is 11.7 Å². The van der Waals surface area contributed by atoms with Crippen LogP contribution in [0.25, 0.3) is 0 Å². The predicted octanol–water partition coefficient (Wildman–Crippen LogP) is 1.55. The second kappa shape index (κ2) is 5.22. The van der Waals surface area contributed by atoms with E-state index in [1.54, 1.807) is 6.20 Å². The summed E-state index contributed by atoms with van der Waals surface area (Å²) < 4.78 is 0.917. The summed E-state index contributed by atoms with van der Waals surface area (Å²) in [5, 5.41) is 0. The SMILES string of the molecule is CC(CN)C(=O)Cc1ccc(Br)cn1. The molecule has 0 aromatic carbocycles. The molecule has 1 atom stereocenters. The molecule has 0 aliphatic heterocycles. The maximum atomic E-state index is 11.5. The zero-order chi connectivity index (χ0) is 10.6. The molecule has 0 bridgehead atoms. The lowest BCUT2D eigenvalue weighted by atomic mass is 10.0. The molecular formula is C10H13BrN2O. The summed E-state index contributed by atoms with van der Waals surface area (Å²) in [7, 11) is 0. The number of aromatic nitrogens is 1. The van der Waals surface area contributed by atoms with Gasteiger partial charge in [0, 0.05) is 35.2 Å². The van der Waals surface area contributed by atoms with Gasteiger partial charge >= 0.3 is 0 Å². The van der Waals surface area contributed by atoms with Gasteiger partial charge in [-0.3, -0.25) is 9.78 Å². The molecule has 1 unspecified atom stereocenters. The summed E-state index contributed by atoms with van der Waals surface area (Å²) >= 11 is 3.29. The zero-order valence-corrected chi connectivity index (χ0v) is 9.62. The number of nitrogens with two attached hydrogens (primary N) is 1. The Hall–Kier alpha value is -0.740. The summed E-state index contributed by atoms with van der Waals surface area (Å²) in [5.74, 6) is 0.0581. The second-order valence-electron chi connectivity index (χ2n) is 3.25. The van der Waals surface area contributed by atoms with E-state index in [0.29, 0.717) is 13.0 Å². The number of Topliss-reactive ketones (excluding diaryl/α,β-unsaturated/α-hetero) is 1. The number of carbonyl (C=O) groups is 1. The number of rotatable bonds is 4. The highest BCUT2D eigenvalue weighted by molar-refractivity contribution is 9.10. The molecule has 0 radical (unpaired) electrons. The van der Waals surface area contributed by atoms with E-state index in [1.165, 1.54) is 0 Å². The van der Waals surface area contributed by atoms with Crippen molar-refractivity contribution in [1.29, 1.82) is 0 Å². The fourth-order valence-corrected chi connectivity index (χ4v) is 1.23. The lowest BCUT2D eigenvalue weighted by Crippen LogP contribution is -2.22. The minimum absolute atomic E-state index is 0.0829. The third kappa shape index (κ3) is 3.20. The lowest BCUT2D eigenvalue weighted by molar-refractivity contribution is -0.121. The van der Waals surface area contributed by atoms with Crippen LogP contribution < -0.4 is 5.73 Å². The van der Waals surface area contributed by atoms with E-state index in [4.69, 9.17) is 5.73 Å². The van der Waals surface area contributed by atoms with E-state index >= 15 is 0 Å². The molecule has 3 nitrogen and oxygen atoms in total. The van der Waals surface area contributed by atoms with Crippen LogP contribution in [0.15, 0.2) is 22.8 Å². The first-order valence-corrected chi connectivity index (χ1v) is 5.26. The van der Waals surface area contributed by atoms with Gasteiger partial charge in [0.15, 0.2) is 0 Å². The monoisotopic (exact) mass is 256 g/mol. The van der Waals surface area contributed by atoms with Crippen molar-refractivity contribution in [2.45, 2.75) is 13.3 Å². The Bertz CT molecular complexity index is 310. The van der Waals surface area contributed by atoms with Crippen LogP contribution in [0.3, 0.4) is 0 Å². The number of ketones is 1. The molecule has 0 amide bonds. The normalized spacial score (nSPS) is 12.5. The van der Waals surface area contributed by atoms with E-state index in [-0.39, 0.29) is 11.7 Å². The number of hydrogen-bond donors (Lipinski definition) is 1. The van der Waals surface area contributed by atoms with Crippen molar-refractivity contribution >= 4 is 21.7 Å². The van der Waals surface area contributed by atoms with Crippen LogP contribution in [0.1, 0.15) is 12.6 Å². The molecule has 14 heavy (non-hydrogen) atoms. The predicted molar refractivity (Wildman–Crippen MR) is 58.9 cm³/mol. The maximum Gasteiger partial charge on any atom is 0.142 e. The van der Waals surface area contributed by atoms with E-state index in [1.807, 2.05) is 19.1 Å². The molecule has 1 rings (SSSR count). The highest BCUT2D eigenvalue weighted by Crippen LogP contribution is 2.09. The third-order valence-corrected chi connectivity index (χ3v) is 2.52. The molecule has 1 heterocycles. The van der Waals surface area contributed by atoms with E-state index < -0.39 is 0 Å². The zero-order valence-electron chi connectivity index (χ0n) is 8.03. The Balaban J connectivity index is 2.60. The summed E-state index contributed by atoms with van der Waals surface area (Å²) in [4.78, 5) is 15.6. The molecule has 4 heteroatoms. The lowest BCUT2D eigenvalue weighted by Gasteiger charge is -2.06. The standard InChI is InChI=1S/C10H13BrN2O/c1-7(5-12)10(14)4-9-3-2-8(11)6-13-9/h2-3,6-7H,4-5,12H2,1H3. The molecule has 1 aromatic rings. The van der Waals surface area contributed by atoms with E-state index in [9.17, 15) is 4.79 Å². The average Bonchev–Trinajstić information content (AvgIpc) is 2.20. The Morgan fingerprint density at radius 2 is 2.36 bits per heavy atom. The fraction of sp³-hybridized carbons (Fsp3) is 0.400. The van der Waals surface area contributed by atoms with Gasteiger partial charge in [-0.15, -0.1) is 0 Å². The first-order chi connectivity index (χ1) is 6.63. The van der Waals surface area contributed by atoms with Crippen molar-refractivity contribution in [1.82, 2.24) is 4.98 Å². The highest BCUT2D eigenvalue weighted by atomic mass is 79.9. The van der Waals surface area contributed by atoms with Crippen LogP contribution in [-0.4, -0.2) is 17.3 Å². The number of nitrogens with zero attached hydrogens (tertiary/aromatic N) is 1. The van der Waals surface area contributed by atoms with Gasteiger partial charge in [-0.05, 0) is 28.1 Å². The minimum Gasteiger partial charge on any atom is -0.330 e. The largest absolute Gasteiger partial charge is 0.330 e. The summed E-state index contributed by atoms with van der Waals surface area (Å²) in [6.07, 6.45) is 2.06. The number of hydrogen-bond acceptors (Lipinski definition) is 3. The van der Waals surface area contributed by atoms with Gasteiger partial charge < -0.3 is 5.73 Å². The minimum atomic E-state index is -0.0829. The Morgan fingerprint density at radius 1 is 1.64 bits per heavy atom. The first kappa shape index (κ1) is 11.3. The van der Waals surface area contributed by atoms with E-state index in [0.717, 1.165) is 10.2 Å². The van der Waals surface area contributed by atoms with Crippen molar-refractivity contribution in [2.75, 3.05) is 6.54 Å². The molecular weight excluding hydrogens is 244 g/mol. The first-order valence-electron chi connectivity index (χ1n) is 4.46. The number of carbonyl (C=O) groups excluding carboxylic acids is 1. The van der Waals surface area contributed by atoms with Gasteiger partial charge in [0.2, 0.25) is 0 Å². The Labute approximate surface area is 91.8 Å². The van der Waals surface area contributed by atoms with Crippen molar-refractivity contribution in [3.63, 3.8) is 0 Å².